The van der Waals surface area contributed by atoms with Gasteiger partial charge in [0.25, 0.3) is 0 Å². The van der Waals surface area contributed by atoms with Crippen molar-refractivity contribution in [3.05, 3.63) is 0 Å². The van der Waals surface area contributed by atoms with Gasteiger partial charge in [-0.05, 0) is 12.3 Å². The summed E-state index contributed by atoms with van der Waals surface area (Å²) in [5.41, 5.74) is 0. The number of hydrogen-bond acceptors (Lipinski definition) is 1. The lowest BCUT2D eigenvalue weighted by molar-refractivity contribution is 0.382. The first kappa shape index (κ1) is 15.5. The summed E-state index contributed by atoms with van der Waals surface area (Å²) in [7, 11) is 0. The summed E-state index contributed by atoms with van der Waals surface area (Å²) in [5.74, 6) is 0.957. The standard InChI is InChI=1S/C15H29N/c1-3-5-8-12-15(11-4-2)13-9-6-7-10-14-16/h15H,3-13H2,1-2H3. The highest BCUT2D eigenvalue weighted by molar-refractivity contribution is 4.68. The molecule has 0 aromatic rings. The Morgan fingerprint density at radius 2 is 1.50 bits per heavy atom. The van der Waals surface area contributed by atoms with Gasteiger partial charge < -0.3 is 0 Å². The summed E-state index contributed by atoms with van der Waals surface area (Å²) in [6.45, 7) is 4.57. The third-order valence-electron chi connectivity index (χ3n) is 3.31. The molecular weight excluding hydrogens is 194 g/mol. The van der Waals surface area contributed by atoms with Crippen molar-refractivity contribution in [3.63, 3.8) is 0 Å². The average Bonchev–Trinajstić information content (AvgIpc) is 2.29. The molecule has 94 valence electrons. The van der Waals surface area contributed by atoms with E-state index in [1.165, 1.54) is 57.8 Å². The van der Waals surface area contributed by atoms with Gasteiger partial charge >= 0.3 is 0 Å². The Balaban J connectivity index is 3.47. The van der Waals surface area contributed by atoms with E-state index in [9.17, 15) is 0 Å². The summed E-state index contributed by atoms with van der Waals surface area (Å²) in [6.07, 6.45) is 14.1. The molecule has 0 heterocycles. The van der Waals surface area contributed by atoms with Crippen LogP contribution in [0.5, 0.6) is 0 Å². The number of nitrogens with zero attached hydrogens (tertiary/aromatic N) is 1. The van der Waals surface area contributed by atoms with Crippen LogP contribution in [0.25, 0.3) is 0 Å². The topological polar surface area (TPSA) is 23.8 Å². The van der Waals surface area contributed by atoms with Crippen molar-refractivity contribution in [2.75, 3.05) is 0 Å². The highest BCUT2D eigenvalue weighted by Crippen LogP contribution is 2.22. The molecule has 1 unspecified atom stereocenters. The number of hydrogen-bond donors (Lipinski definition) is 0. The lowest BCUT2D eigenvalue weighted by Gasteiger charge is -2.15. The minimum Gasteiger partial charge on any atom is -0.198 e. The zero-order valence-corrected chi connectivity index (χ0v) is 11.3. The fraction of sp³-hybridized carbons (Fsp3) is 0.933. The Morgan fingerprint density at radius 3 is 2.06 bits per heavy atom. The van der Waals surface area contributed by atoms with Crippen molar-refractivity contribution in [1.82, 2.24) is 0 Å². The summed E-state index contributed by atoms with van der Waals surface area (Å²) < 4.78 is 0. The van der Waals surface area contributed by atoms with E-state index in [2.05, 4.69) is 19.9 Å². The molecule has 1 atom stereocenters. The molecule has 0 aliphatic heterocycles. The molecule has 0 fully saturated rings. The third kappa shape index (κ3) is 10.0. The maximum atomic E-state index is 8.45. The Bertz CT molecular complexity index is 169. The van der Waals surface area contributed by atoms with Crippen molar-refractivity contribution in [2.45, 2.75) is 84.5 Å². The second-order valence-corrected chi connectivity index (χ2v) is 4.91. The summed E-state index contributed by atoms with van der Waals surface area (Å²) >= 11 is 0. The first-order valence-electron chi connectivity index (χ1n) is 7.22. The third-order valence-corrected chi connectivity index (χ3v) is 3.31. The second kappa shape index (κ2) is 12.6. The maximum absolute atomic E-state index is 8.45. The van der Waals surface area contributed by atoms with Gasteiger partial charge in [-0.1, -0.05) is 71.6 Å². The zero-order valence-electron chi connectivity index (χ0n) is 11.3. The van der Waals surface area contributed by atoms with E-state index in [0.717, 1.165) is 18.8 Å². The number of unbranched alkanes of at least 4 members (excludes halogenated alkanes) is 5. The first-order valence-corrected chi connectivity index (χ1v) is 7.22. The smallest absolute Gasteiger partial charge is 0.0621 e. The van der Waals surface area contributed by atoms with Crippen LogP contribution in [0, 0.1) is 17.2 Å². The molecule has 0 aromatic carbocycles. The van der Waals surface area contributed by atoms with Gasteiger partial charge in [0.2, 0.25) is 0 Å². The minimum atomic E-state index is 0.744. The fourth-order valence-corrected chi connectivity index (χ4v) is 2.34. The van der Waals surface area contributed by atoms with E-state index >= 15 is 0 Å². The molecular formula is C15H29N. The van der Waals surface area contributed by atoms with Gasteiger partial charge in [0.05, 0.1) is 6.07 Å². The average molecular weight is 223 g/mol. The number of rotatable bonds is 11. The van der Waals surface area contributed by atoms with Crippen LogP contribution >= 0.6 is 0 Å². The van der Waals surface area contributed by atoms with E-state index in [0.29, 0.717) is 0 Å². The van der Waals surface area contributed by atoms with Crippen molar-refractivity contribution < 1.29 is 0 Å². The van der Waals surface area contributed by atoms with E-state index < -0.39 is 0 Å². The maximum Gasteiger partial charge on any atom is 0.0621 e. The SMILES string of the molecule is CCCCCC(CCC)CCCCCC#N. The van der Waals surface area contributed by atoms with Crippen molar-refractivity contribution in [2.24, 2.45) is 5.92 Å². The van der Waals surface area contributed by atoms with Crippen LogP contribution in [0.2, 0.25) is 0 Å². The first-order chi connectivity index (χ1) is 7.85. The molecule has 0 aromatic heterocycles. The Kier molecular flexibility index (Phi) is 12.2. The fourth-order valence-electron chi connectivity index (χ4n) is 2.34. The van der Waals surface area contributed by atoms with Crippen LogP contribution in [0.15, 0.2) is 0 Å². The molecule has 16 heavy (non-hydrogen) atoms. The summed E-state index contributed by atoms with van der Waals surface area (Å²) in [6, 6.07) is 2.22. The highest BCUT2D eigenvalue weighted by atomic mass is 14.2. The second-order valence-electron chi connectivity index (χ2n) is 4.91. The molecule has 0 N–H and O–H groups in total. The quantitative estimate of drug-likeness (QED) is 0.427. The van der Waals surface area contributed by atoms with Crippen LogP contribution < -0.4 is 0 Å². The van der Waals surface area contributed by atoms with Crippen molar-refractivity contribution >= 4 is 0 Å². The number of nitriles is 1. The molecule has 1 nitrogen and oxygen atoms in total. The molecule has 0 amide bonds. The monoisotopic (exact) mass is 223 g/mol. The van der Waals surface area contributed by atoms with Gasteiger partial charge in [-0.15, -0.1) is 0 Å². The Labute approximate surface area is 102 Å². The molecule has 0 aliphatic rings. The van der Waals surface area contributed by atoms with Gasteiger partial charge in [-0.2, -0.15) is 5.26 Å². The van der Waals surface area contributed by atoms with Crippen molar-refractivity contribution in [1.29, 1.82) is 5.26 Å². The lowest BCUT2D eigenvalue weighted by atomic mass is 9.91. The predicted octanol–water partition coefficient (Wildman–Crippen LogP) is 5.46. The molecule has 0 bridgehead atoms. The van der Waals surface area contributed by atoms with Gasteiger partial charge in [0.1, 0.15) is 0 Å². The Hall–Kier alpha value is -0.510. The van der Waals surface area contributed by atoms with Gasteiger partial charge in [0.15, 0.2) is 0 Å². The van der Waals surface area contributed by atoms with E-state index in [1.807, 2.05) is 0 Å². The summed E-state index contributed by atoms with van der Waals surface area (Å²) in [5, 5.41) is 8.45. The van der Waals surface area contributed by atoms with Crippen LogP contribution in [-0.2, 0) is 0 Å². The van der Waals surface area contributed by atoms with Crippen LogP contribution in [0.3, 0.4) is 0 Å². The molecule has 0 saturated heterocycles. The van der Waals surface area contributed by atoms with E-state index in [1.54, 1.807) is 0 Å². The molecule has 0 radical (unpaired) electrons. The van der Waals surface area contributed by atoms with Gasteiger partial charge in [-0.3, -0.25) is 0 Å². The molecule has 0 rings (SSSR count). The Morgan fingerprint density at radius 1 is 0.812 bits per heavy atom. The minimum absolute atomic E-state index is 0.744. The van der Waals surface area contributed by atoms with Gasteiger partial charge in [-0.25, -0.2) is 0 Å². The lowest BCUT2D eigenvalue weighted by Crippen LogP contribution is -2.00. The molecule has 0 saturated carbocycles. The normalized spacial score (nSPS) is 12.3. The predicted molar refractivity (Wildman–Crippen MR) is 71.2 cm³/mol. The largest absolute Gasteiger partial charge is 0.198 e. The van der Waals surface area contributed by atoms with Gasteiger partial charge in [0, 0.05) is 6.42 Å². The van der Waals surface area contributed by atoms with E-state index in [-0.39, 0.29) is 0 Å². The molecule has 0 spiro atoms. The van der Waals surface area contributed by atoms with Crippen LogP contribution in [0.4, 0.5) is 0 Å². The van der Waals surface area contributed by atoms with E-state index in [4.69, 9.17) is 5.26 Å². The summed E-state index contributed by atoms with van der Waals surface area (Å²) in [4.78, 5) is 0. The van der Waals surface area contributed by atoms with Crippen LogP contribution in [-0.4, -0.2) is 0 Å². The van der Waals surface area contributed by atoms with Crippen LogP contribution in [0.1, 0.15) is 84.5 Å². The molecule has 1 heteroatoms. The molecule has 0 aliphatic carbocycles. The van der Waals surface area contributed by atoms with Crippen molar-refractivity contribution in [3.8, 4) is 6.07 Å². The zero-order chi connectivity index (χ0) is 12.1. The highest BCUT2D eigenvalue weighted by Gasteiger charge is 2.06.